The molecule has 0 bridgehead atoms. The molecule has 0 aliphatic heterocycles. The van der Waals surface area contributed by atoms with Gasteiger partial charge in [-0.2, -0.15) is 0 Å². The molecule has 0 aromatic carbocycles. The third kappa shape index (κ3) is 4.83. The van der Waals surface area contributed by atoms with Crippen molar-refractivity contribution in [2.75, 3.05) is 0 Å². The fraction of sp³-hybridized carbons (Fsp3) is 0.600. The minimum Gasteiger partial charge on any atom is -0.303 e. The third-order valence-corrected chi connectivity index (χ3v) is 1.84. The molecule has 1 atom stereocenters. The quantitative estimate of drug-likeness (QED) is 0.450. The molecule has 68 valence electrons. The van der Waals surface area contributed by atoms with Crippen molar-refractivity contribution in [3.05, 3.63) is 12.2 Å². The molecular weight excluding hydrogens is 152 g/mol. The van der Waals surface area contributed by atoms with E-state index in [1.807, 2.05) is 6.92 Å². The number of aldehydes is 1. The number of allylic oxidation sites excluding steroid dienone is 1. The molecule has 0 fully saturated rings. The Balaban J connectivity index is 3.66. The van der Waals surface area contributed by atoms with Crippen LogP contribution in [0.15, 0.2) is 12.2 Å². The average molecular weight is 168 g/mol. The minimum absolute atomic E-state index is 0.0654. The Labute approximate surface area is 73.7 Å². The molecule has 0 spiro atoms. The SMILES string of the molecule is C=C(C)C(C=O)CCCC(C)=O. The number of hydrogen-bond acceptors (Lipinski definition) is 2. The van der Waals surface area contributed by atoms with Crippen LogP contribution >= 0.6 is 0 Å². The predicted octanol–water partition coefficient (Wildman–Crippen LogP) is 2.14. The van der Waals surface area contributed by atoms with E-state index in [1.165, 1.54) is 0 Å². The number of hydrogen-bond donors (Lipinski definition) is 0. The summed E-state index contributed by atoms with van der Waals surface area (Å²) in [7, 11) is 0. The first kappa shape index (κ1) is 11.1. The summed E-state index contributed by atoms with van der Waals surface area (Å²) in [6.07, 6.45) is 3.00. The summed E-state index contributed by atoms with van der Waals surface area (Å²) >= 11 is 0. The van der Waals surface area contributed by atoms with Crippen LogP contribution < -0.4 is 0 Å². The molecule has 2 heteroatoms. The van der Waals surface area contributed by atoms with Crippen LogP contribution in [0.25, 0.3) is 0 Å². The maximum absolute atomic E-state index is 10.6. The van der Waals surface area contributed by atoms with E-state index in [-0.39, 0.29) is 11.7 Å². The standard InChI is InChI=1S/C10H16O2/c1-8(2)10(7-11)6-4-5-9(3)12/h7,10H,1,4-6H2,2-3H3. The molecule has 0 aromatic rings. The van der Waals surface area contributed by atoms with Crippen LogP contribution in [0, 0.1) is 5.92 Å². The second-order valence-electron chi connectivity index (χ2n) is 3.18. The van der Waals surface area contributed by atoms with Crippen LogP contribution in [0.4, 0.5) is 0 Å². The summed E-state index contributed by atoms with van der Waals surface area (Å²) in [5, 5.41) is 0. The Morgan fingerprint density at radius 3 is 2.42 bits per heavy atom. The van der Waals surface area contributed by atoms with Crippen LogP contribution in [-0.4, -0.2) is 12.1 Å². The summed E-state index contributed by atoms with van der Waals surface area (Å²) in [5.41, 5.74) is 0.883. The number of carbonyl (C=O) groups is 2. The van der Waals surface area contributed by atoms with Gasteiger partial charge in [0.05, 0.1) is 0 Å². The highest BCUT2D eigenvalue weighted by Gasteiger charge is 2.07. The Hall–Kier alpha value is -0.920. The molecule has 2 nitrogen and oxygen atoms in total. The van der Waals surface area contributed by atoms with Crippen molar-refractivity contribution in [1.29, 1.82) is 0 Å². The van der Waals surface area contributed by atoms with Crippen molar-refractivity contribution < 1.29 is 9.59 Å². The van der Waals surface area contributed by atoms with Gasteiger partial charge in [-0.1, -0.05) is 12.2 Å². The van der Waals surface area contributed by atoms with Gasteiger partial charge in [-0.25, -0.2) is 0 Å². The second-order valence-corrected chi connectivity index (χ2v) is 3.18. The number of rotatable bonds is 6. The number of Topliss-reactive ketones (excluding diaryl/α,β-unsaturated/α-hetero) is 1. The van der Waals surface area contributed by atoms with Crippen molar-refractivity contribution in [2.24, 2.45) is 5.92 Å². The summed E-state index contributed by atoms with van der Waals surface area (Å²) in [4.78, 5) is 21.0. The first-order valence-electron chi connectivity index (χ1n) is 4.18. The molecule has 0 N–H and O–H groups in total. The molecule has 0 saturated heterocycles. The lowest BCUT2D eigenvalue weighted by atomic mass is 9.97. The van der Waals surface area contributed by atoms with E-state index in [0.29, 0.717) is 6.42 Å². The largest absolute Gasteiger partial charge is 0.303 e. The maximum atomic E-state index is 10.6. The molecule has 0 radical (unpaired) electrons. The van der Waals surface area contributed by atoms with Gasteiger partial charge in [-0.3, -0.25) is 0 Å². The van der Waals surface area contributed by atoms with Gasteiger partial charge >= 0.3 is 0 Å². The molecule has 0 heterocycles. The minimum atomic E-state index is -0.0654. The van der Waals surface area contributed by atoms with Gasteiger partial charge in [0.25, 0.3) is 0 Å². The number of ketones is 1. The van der Waals surface area contributed by atoms with E-state index in [0.717, 1.165) is 24.7 Å². The van der Waals surface area contributed by atoms with Gasteiger partial charge in [0.2, 0.25) is 0 Å². The molecule has 0 aliphatic rings. The van der Waals surface area contributed by atoms with Crippen molar-refractivity contribution in [1.82, 2.24) is 0 Å². The van der Waals surface area contributed by atoms with E-state index in [9.17, 15) is 9.59 Å². The second kappa shape index (κ2) is 5.70. The zero-order valence-corrected chi connectivity index (χ0v) is 7.80. The van der Waals surface area contributed by atoms with Gasteiger partial charge in [-0.05, 0) is 26.7 Å². The van der Waals surface area contributed by atoms with E-state index in [2.05, 4.69) is 6.58 Å². The normalized spacial score (nSPS) is 12.2. The molecule has 0 aliphatic carbocycles. The topological polar surface area (TPSA) is 34.1 Å². The Morgan fingerprint density at radius 2 is 2.08 bits per heavy atom. The number of carbonyl (C=O) groups excluding carboxylic acids is 2. The van der Waals surface area contributed by atoms with Crippen LogP contribution in [0.5, 0.6) is 0 Å². The summed E-state index contributed by atoms with van der Waals surface area (Å²) in [6, 6.07) is 0. The highest BCUT2D eigenvalue weighted by molar-refractivity contribution is 5.75. The molecule has 0 rings (SSSR count). The van der Waals surface area contributed by atoms with Crippen LogP contribution in [0.2, 0.25) is 0 Å². The molecule has 1 unspecified atom stereocenters. The van der Waals surface area contributed by atoms with Gasteiger partial charge in [0.1, 0.15) is 12.1 Å². The van der Waals surface area contributed by atoms with Crippen molar-refractivity contribution >= 4 is 12.1 Å². The fourth-order valence-corrected chi connectivity index (χ4v) is 1.00. The van der Waals surface area contributed by atoms with E-state index in [1.54, 1.807) is 6.92 Å². The summed E-state index contributed by atoms with van der Waals surface area (Å²) in [5.74, 6) is 0.116. The fourth-order valence-electron chi connectivity index (χ4n) is 1.00. The Kier molecular flexibility index (Phi) is 5.26. The molecule has 12 heavy (non-hydrogen) atoms. The molecule has 0 aromatic heterocycles. The van der Waals surface area contributed by atoms with E-state index >= 15 is 0 Å². The van der Waals surface area contributed by atoms with Crippen LogP contribution in [-0.2, 0) is 9.59 Å². The lowest BCUT2D eigenvalue weighted by molar-refractivity contribution is -0.117. The Morgan fingerprint density at radius 1 is 1.50 bits per heavy atom. The summed E-state index contributed by atoms with van der Waals surface area (Å²) < 4.78 is 0. The molecular formula is C10H16O2. The van der Waals surface area contributed by atoms with Crippen LogP contribution in [0.1, 0.15) is 33.1 Å². The maximum Gasteiger partial charge on any atom is 0.129 e. The van der Waals surface area contributed by atoms with Gasteiger partial charge < -0.3 is 9.59 Å². The van der Waals surface area contributed by atoms with Crippen LogP contribution in [0.3, 0.4) is 0 Å². The average Bonchev–Trinajstić information content (AvgIpc) is 1.96. The first-order valence-corrected chi connectivity index (χ1v) is 4.18. The monoisotopic (exact) mass is 168 g/mol. The summed E-state index contributed by atoms with van der Waals surface area (Å²) in [6.45, 7) is 7.11. The van der Waals surface area contributed by atoms with Gasteiger partial charge in [-0.15, -0.1) is 0 Å². The smallest absolute Gasteiger partial charge is 0.129 e. The molecule has 0 saturated carbocycles. The van der Waals surface area contributed by atoms with Crippen molar-refractivity contribution in [3.63, 3.8) is 0 Å². The predicted molar refractivity (Wildman–Crippen MR) is 48.9 cm³/mol. The lowest BCUT2D eigenvalue weighted by Crippen LogP contribution is -2.03. The highest BCUT2D eigenvalue weighted by atomic mass is 16.1. The van der Waals surface area contributed by atoms with Crippen molar-refractivity contribution in [2.45, 2.75) is 33.1 Å². The highest BCUT2D eigenvalue weighted by Crippen LogP contribution is 2.13. The van der Waals surface area contributed by atoms with Gasteiger partial charge in [0.15, 0.2) is 0 Å². The van der Waals surface area contributed by atoms with E-state index in [4.69, 9.17) is 0 Å². The lowest BCUT2D eigenvalue weighted by Gasteiger charge is -2.07. The van der Waals surface area contributed by atoms with Crippen molar-refractivity contribution in [3.8, 4) is 0 Å². The molecule has 0 amide bonds. The van der Waals surface area contributed by atoms with Gasteiger partial charge in [0, 0.05) is 12.3 Å². The van der Waals surface area contributed by atoms with E-state index < -0.39 is 0 Å². The third-order valence-electron chi connectivity index (χ3n) is 1.84. The zero-order chi connectivity index (χ0) is 9.56. The Bertz CT molecular complexity index is 182. The first-order chi connectivity index (χ1) is 5.57. The zero-order valence-electron chi connectivity index (χ0n) is 7.80.